The van der Waals surface area contributed by atoms with Crippen molar-refractivity contribution in [3.63, 3.8) is 0 Å². The second kappa shape index (κ2) is 5.85. The van der Waals surface area contributed by atoms with Gasteiger partial charge >= 0.3 is 0 Å². The molecule has 17 heavy (non-hydrogen) atoms. The summed E-state index contributed by atoms with van der Waals surface area (Å²) in [6.45, 7) is 10.5. The minimum Gasteiger partial charge on any atom is -0.350 e. The van der Waals surface area contributed by atoms with Gasteiger partial charge in [0.05, 0.1) is 6.04 Å². The van der Waals surface area contributed by atoms with Gasteiger partial charge in [-0.15, -0.1) is 0 Å². The van der Waals surface area contributed by atoms with Crippen molar-refractivity contribution < 1.29 is 4.79 Å². The molecule has 0 heterocycles. The molecular formula is C14H28N2O. The average molecular weight is 240 g/mol. The maximum Gasteiger partial charge on any atom is 0.237 e. The molecule has 1 aliphatic rings. The Labute approximate surface area is 106 Å². The lowest BCUT2D eigenvalue weighted by Gasteiger charge is -2.28. The van der Waals surface area contributed by atoms with E-state index in [0.717, 1.165) is 6.42 Å². The first-order valence-corrected chi connectivity index (χ1v) is 6.94. The summed E-state index contributed by atoms with van der Waals surface area (Å²) < 4.78 is 0. The second-order valence-corrected chi connectivity index (χ2v) is 6.13. The summed E-state index contributed by atoms with van der Waals surface area (Å²) >= 11 is 0. The van der Waals surface area contributed by atoms with Gasteiger partial charge in [0.1, 0.15) is 0 Å². The molecule has 1 aliphatic carbocycles. The Kier molecular flexibility index (Phi) is 4.99. The van der Waals surface area contributed by atoms with E-state index in [-0.39, 0.29) is 17.5 Å². The van der Waals surface area contributed by atoms with Crippen LogP contribution < -0.4 is 10.6 Å². The first kappa shape index (κ1) is 14.5. The monoisotopic (exact) mass is 240 g/mol. The molecule has 3 heteroatoms. The van der Waals surface area contributed by atoms with Crippen LogP contribution in [0.5, 0.6) is 0 Å². The molecule has 0 spiro atoms. The van der Waals surface area contributed by atoms with Crippen LogP contribution in [0.1, 0.15) is 60.3 Å². The van der Waals surface area contributed by atoms with Gasteiger partial charge in [0.2, 0.25) is 5.91 Å². The van der Waals surface area contributed by atoms with E-state index in [9.17, 15) is 4.79 Å². The zero-order valence-electron chi connectivity index (χ0n) is 12.0. The predicted octanol–water partition coefficient (Wildman–Crippen LogP) is 2.46. The third-order valence-corrected chi connectivity index (χ3v) is 4.06. The largest absolute Gasteiger partial charge is 0.350 e. The van der Waals surface area contributed by atoms with E-state index in [1.54, 1.807) is 0 Å². The average Bonchev–Trinajstić information content (AvgIpc) is 2.64. The van der Waals surface area contributed by atoms with Gasteiger partial charge < -0.3 is 10.6 Å². The Hall–Kier alpha value is -0.570. The Morgan fingerprint density at radius 3 is 2.53 bits per heavy atom. The van der Waals surface area contributed by atoms with Crippen molar-refractivity contribution in [2.75, 3.05) is 0 Å². The van der Waals surface area contributed by atoms with E-state index in [4.69, 9.17) is 0 Å². The summed E-state index contributed by atoms with van der Waals surface area (Å²) in [7, 11) is 0. The molecule has 3 nitrogen and oxygen atoms in total. The van der Waals surface area contributed by atoms with Gasteiger partial charge in [0, 0.05) is 11.6 Å². The second-order valence-electron chi connectivity index (χ2n) is 6.13. The van der Waals surface area contributed by atoms with Crippen LogP contribution in [-0.4, -0.2) is 23.5 Å². The summed E-state index contributed by atoms with van der Waals surface area (Å²) in [5, 5.41) is 6.56. The molecule has 1 saturated carbocycles. The fraction of sp³-hybridized carbons (Fsp3) is 0.929. The van der Waals surface area contributed by atoms with E-state index in [2.05, 4.69) is 38.3 Å². The van der Waals surface area contributed by atoms with Crippen molar-refractivity contribution in [2.24, 2.45) is 5.92 Å². The quantitative estimate of drug-likeness (QED) is 0.775. The molecule has 2 N–H and O–H groups in total. The first-order valence-electron chi connectivity index (χ1n) is 6.94. The molecule has 0 saturated heterocycles. The number of carbonyl (C=O) groups excluding carboxylic acids is 1. The molecule has 1 fully saturated rings. The lowest BCUT2D eigenvalue weighted by Crippen LogP contribution is -2.53. The number of hydrogen-bond donors (Lipinski definition) is 2. The molecule has 0 aromatic carbocycles. The molecule has 0 aromatic heterocycles. The van der Waals surface area contributed by atoms with Crippen LogP contribution in [0.15, 0.2) is 0 Å². The topological polar surface area (TPSA) is 41.1 Å². The van der Waals surface area contributed by atoms with Gasteiger partial charge in [-0.1, -0.05) is 20.3 Å². The van der Waals surface area contributed by atoms with Crippen LogP contribution in [0.3, 0.4) is 0 Å². The SMILES string of the molecule is CCC(C)(C)NC(=O)C(C)NC1CCCC1C. The molecule has 3 atom stereocenters. The van der Waals surface area contributed by atoms with Gasteiger partial charge in [-0.3, -0.25) is 4.79 Å². The van der Waals surface area contributed by atoms with E-state index in [1.807, 2.05) is 6.92 Å². The molecule has 3 unspecified atom stereocenters. The van der Waals surface area contributed by atoms with Gasteiger partial charge in [0.25, 0.3) is 0 Å². The van der Waals surface area contributed by atoms with Crippen molar-refractivity contribution in [1.82, 2.24) is 10.6 Å². The van der Waals surface area contributed by atoms with Crippen molar-refractivity contribution in [3.8, 4) is 0 Å². The number of amides is 1. The fourth-order valence-corrected chi connectivity index (χ4v) is 2.32. The predicted molar refractivity (Wildman–Crippen MR) is 71.9 cm³/mol. The summed E-state index contributed by atoms with van der Waals surface area (Å²) in [4.78, 5) is 12.0. The van der Waals surface area contributed by atoms with E-state index in [0.29, 0.717) is 12.0 Å². The highest BCUT2D eigenvalue weighted by Gasteiger charge is 2.28. The maximum atomic E-state index is 12.0. The molecule has 1 rings (SSSR count). The highest BCUT2D eigenvalue weighted by atomic mass is 16.2. The summed E-state index contributed by atoms with van der Waals surface area (Å²) in [6.07, 6.45) is 4.72. The van der Waals surface area contributed by atoms with Gasteiger partial charge in [-0.25, -0.2) is 0 Å². The highest BCUT2D eigenvalue weighted by Crippen LogP contribution is 2.25. The zero-order chi connectivity index (χ0) is 13.1. The molecule has 0 aliphatic heterocycles. The molecule has 100 valence electrons. The normalized spacial score (nSPS) is 26.9. The van der Waals surface area contributed by atoms with E-state index < -0.39 is 0 Å². The zero-order valence-corrected chi connectivity index (χ0v) is 12.0. The number of nitrogens with one attached hydrogen (secondary N) is 2. The number of carbonyl (C=O) groups is 1. The standard InChI is InChI=1S/C14H28N2O/c1-6-14(4,5)16-13(17)11(3)15-12-9-7-8-10(12)2/h10-12,15H,6-9H2,1-5H3,(H,16,17). The molecule has 0 bridgehead atoms. The van der Waals surface area contributed by atoms with Crippen LogP contribution in [0.4, 0.5) is 0 Å². The lowest BCUT2D eigenvalue weighted by atomic mass is 10.0. The molecule has 1 amide bonds. The van der Waals surface area contributed by atoms with Crippen molar-refractivity contribution in [1.29, 1.82) is 0 Å². The summed E-state index contributed by atoms with van der Waals surface area (Å²) in [5.74, 6) is 0.820. The van der Waals surface area contributed by atoms with Crippen LogP contribution in [0.25, 0.3) is 0 Å². The smallest absolute Gasteiger partial charge is 0.237 e. The molecular weight excluding hydrogens is 212 g/mol. The summed E-state index contributed by atoms with van der Waals surface area (Å²) in [5.41, 5.74) is -0.103. The first-order chi connectivity index (χ1) is 7.85. The summed E-state index contributed by atoms with van der Waals surface area (Å²) in [6, 6.07) is 0.423. The minimum absolute atomic E-state index is 0.0913. The third kappa shape index (κ3) is 4.30. The van der Waals surface area contributed by atoms with Gasteiger partial charge in [-0.2, -0.15) is 0 Å². The Bertz CT molecular complexity index is 263. The van der Waals surface area contributed by atoms with Crippen molar-refractivity contribution in [3.05, 3.63) is 0 Å². The van der Waals surface area contributed by atoms with Crippen LogP contribution >= 0.6 is 0 Å². The molecule has 0 aromatic rings. The van der Waals surface area contributed by atoms with E-state index in [1.165, 1.54) is 19.3 Å². The van der Waals surface area contributed by atoms with Crippen LogP contribution in [0, 0.1) is 5.92 Å². The van der Waals surface area contributed by atoms with Crippen LogP contribution in [0.2, 0.25) is 0 Å². The highest BCUT2D eigenvalue weighted by molar-refractivity contribution is 5.82. The number of hydrogen-bond acceptors (Lipinski definition) is 2. The van der Waals surface area contributed by atoms with Crippen molar-refractivity contribution >= 4 is 5.91 Å². The van der Waals surface area contributed by atoms with Gasteiger partial charge in [-0.05, 0) is 46.0 Å². The van der Waals surface area contributed by atoms with Crippen molar-refractivity contribution in [2.45, 2.75) is 77.9 Å². The fourth-order valence-electron chi connectivity index (χ4n) is 2.32. The Morgan fingerprint density at radius 2 is 2.06 bits per heavy atom. The maximum absolute atomic E-state index is 12.0. The lowest BCUT2D eigenvalue weighted by molar-refractivity contribution is -0.124. The number of rotatable bonds is 5. The van der Waals surface area contributed by atoms with Gasteiger partial charge in [0.15, 0.2) is 0 Å². The Balaban J connectivity index is 2.41. The van der Waals surface area contributed by atoms with E-state index >= 15 is 0 Å². The minimum atomic E-state index is -0.103. The Morgan fingerprint density at radius 1 is 1.41 bits per heavy atom. The van der Waals surface area contributed by atoms with Crippen LogP contribution in [-0.2, 0) is 4.79 Å². The molecule has 0 radical (unpaired) electrons. The third-order valence-electron chi connectivity index (χ3n) is 4.06.